The van der Waals surface area contributed by atoms with Crippen molar-refractivity contribution in [3.8, 4) is 0 Å². The normalized spacial score (nSPS) is 18.2. The third kappa shape index (κ3) is 13.1. The van der Waals surface area contributed by atoms with Crippen molar-refractivity contribution in [1.29, 1.82) is 0 Å². The van der Waals surface area contributed by atoms with Gasteiger partial charge in [0, 0.05) is 71.3 Å². The van der Waals surface area contributed by atoms with E-state index in [1.54, 1.807) is 26.5 Å². The Hall–Kier alpha value is -3.13. The molecule has 0 radical (unpaired) electrons. The number of amides is 3. The van der Waals surface area contributed by atoms with Gasteiger partial charge in [0.25, 0.3) is 0 Å². The van der Waals surface area contributed by atoms with Gasteiger partial charge in [-0.2, -0.15) is 0 Å². The highest BCUT2D eigenvalue weighted by Gasteiger charge is 2.24. The topological polar surface area (TPSA) is 89.6 Å². The van der Waals surface area contributed by atoms with E-state index in [1.165, 1.54) is 44.1 Å². The van der Waals surface area contributed by atoms with E-state index < -0.39 is 0 Å². The number of likely N-dealkylation sites (tertiary alicyclic amines) is 1. The lowest BCUT2D eigenvalue weighted by molar-refractivity contribution is -0.118. The molecule has 0 saturated carbocycles. The van der Waals surface area contributed by atoms with Gasteiger partial charge in [-0.1, -0.05) is 51.1 Å². The molecule has 37 heavy (non-hydrogen) atoms. The summed E-state index contributed by atoms with van der Waals surface area (Å²) in [4.78, 5) is 29.8. The van der Waals surface area contributed by atoms with Gasteiger partial charge < -0.3 is 20.9 Å². The second-order valence-electron chi connectivity index (χ2n) is 9.08. The lowest BCUT2D eigenvalue weighted by Gasteiger charge is -2.26. The number of anilines is 1. The highest BCUT2D eigenvalue weighted by molar-refractivity contribution is 5.73. The summed E-state index contributed by atoms with van der Waals surface area (Å²) in [6.07, 6.45) is 7.26. The number of carbonyl (C=O) groups is 2. The molecule has 2 aliphatic rings. The zero-order chi connectivity index (χ0) is 27.5. The van der Waals surface area contributed by atoms with Crippen LogP contribution in [0.3, 0.4) is 0 Å². The Morgan fingerprint density at radius 1 is 0.973 bits per heavy atom. The largest absolute Gasteiger partial charge is 0.367 e. The van der Waals surface area contributed by atoms with Crippen LogP contribution >= 0.6 is 0 Å². The first kappa shape index (κ1) is 31.9. The maximum atomic E-state index is 11.2. The molecular formula is C29H48N6O2. The Labute approximate surface area is 224 Å². The predicted octanol–water partition coefficient (Wildman–Crippen LogP) is 4.29. The molecule has 3 heterocycles. The van der Waals surface area contributed by atoms with Gasteiger partial charge in [-0.3, -0.25) is 14.7 Å². The zero-order valence-corrected chi connectivity index (χ0v) is 23.7. The maximum absolute atomic E-state index is 11.2. The third-order valence-corrected chi connectivity index (χ3v) is 6.21. The van der Waals surface area contributed by atoms with Crippen LogP contribution < -0.4 is 20.9 Å². The van der Waals surface area contributed by atoms with Crippen LogP contribution in [0.5, 0.6) is 0 Å². The lowest BCUT2D eigenvalue weighted by Crippen LogP contribution is -2.43. The maximum Gasteiger partial charge on any atom is 0.314 e. The summed E-state index contributed by atoms with van der Waals surface area (Å²) in [6.45, 7) is 13.2. The number of benzene rings is 1. The van der Waals surface area contributed by atoms with Crippen LogP contribution in [-0.2, 0) is 11.3 Å². The number of pyridine rings is 1. The first-order valence-electron chi connectivity index (χ1n) is 13.5. The van der Waals surface area contributed by atoms with E-state index in [9.17, 15) is 9.59 Å². The van der Waals surface area contributed by atoms with E-state index in [4.69, 9.17) is 0 Å². The van der Waals surface area contributed by atoms with Crippen molar-refractivity contribution in [3.63, 3.8) is 0 Å². The number of nitrogens with zero attached hydrogens (tertiary/aromatic N) is 3. The molecule has 0 bridgehead atoms. The minimum Gasteiger partial charge on any atom is -0.367 e. The molecule has 0 unspecified atom stereocenters. The fourth-order valence-electron chi connectivity index (χ4n) is 4.23. The summed E-state index contributed by atoms with van der Waals surface area (Å²) in [5, 5.41) is 7.82. The second kappa shape index (κ2) is 19.0. The molecule has 2 aromatic rings. The molecular weight excluding hydrogens is 464 g/mol. The van der Waals surface area contributed by atoms with E-state index in [-0.39, 0.29) is 11.9 Å². The summed E-state index contributed by atoms with van der Waals surface area (Å²) >= 11 is 0. The minimum absolute atomic E-state index is 0.00463. The molecule has 2 fully saturated rings. The molecule has 206 valence electrons. The fraction of sp³-hybridized carbons (Fsp3) is 0.552. The third-order valence-electron chi connectivity index (χ3n) is 6.21. The Bertz CT molecular complexity index is 865. The molecule has 2 aliphatic heterocycles. The Morgan fingerprint density at radius 3 is 2.16 bits per heavy atom. The van der Waals surface area contributed by atoms with Gasteiger partial charge in [0.15, 0.2) is 0 Å². The summed E-state index contributed by atoms with van der Waals surface area (Å²) < 4.78 is 0. The SMILES string of the molecule is CC.CNC(=O)NC[C@H]1CCCN1c1ccncc1.CNC(C)=O.C[C@H]1CCN(Cc2ccccc2)C1. The van der Waals surface area contributed by atoms with E-state index in [1.807, 2.05) is 26.0 Å². The average Bonchev–Trinajstić information content (AvgIpc) is 3.58. The smallest absolute Gasteiger partial charge is 0.314 e. The van der Waals surface area contributed by atoms with Gasteiger partial charge in [0.1, 0.15) is 0 Å². The number of aromatic nitrogens is 1. The van der Waals surface area contributed by atoms with Crippen LogP contribution in [0.2, 0.25) is 0 Å². The molecule has 3 N–H and O–H groups in total. The lowest BCUT2D eigenvalue weighted by atomic mass is 10.2. The standard InChI is InChI=1S/C12H18N4O.C12H17N.C3H7NO.C2H6/c1-13-12(17)15-9-11-3-2-8-16(11)10-4-6-14-7-5-10;1-11-7-8-13(9-11)10-12-5-3-2-4-6-12;1-3(5)4-2;1-2/h4-7,11H,2-3,8-9H2,1H3,(H2,13,15,17);2-6,11H,7-10H2,1H3;1-2H3,(H,4,5);1-2H3/t2*11-;;/m10../s1. The minimum atomic E-state index is -0.119. The van der Waals surface area contributed by atoms with E-state index in [2.05, 4.69) is 68.0 Å². The van der Waals surface area contributed by atoms with Crippen LogP contribution in [0.4, 0.5) is 10.5 Å². The number of hydrogen-bond acceptors (Lipinski definition) is 5. The van der Waals surface area contributed by atoms with Crippen molar-refractivity contribution in [2.45, 2.75) is 59.5 Å². The zero-order valence-electron chi connectivity index (χ0n) is 23.7. The molecule has 8 nitrogen and oxygen atoms in total. The number of nitrogens with one attached hydrogen (secondary N) is 3. The van der Waals surface area contributed by atoms with Crippen molar-refractivity contribution < 1.29 is 9.59 Å². The van der Waals surface area contributed by atoms with E-state index >= 15 is 0 Å². The first-order valence-corrected chi connectivity index (χ1v) is 13.5. The Kier molecular flexibility index (Phi) is 16.4. The van der Waals surface area contributed by atoms with E-state index in [0.29, 0.717) is 12.6 Å². The number of carbonyl (C=O) groups excluding carboxylic acids is 2. The van der Waals surface area contributed by atoms with Crippen molar-refractivity contribution in [1.82, 2.24) is 25.8 Å². The molecule has 8 heteroatoms. The van der Waals surface area contributed by atoms with Crippen molar-refractivity contribution in [3.05, 3.63) is 60.4 Å². The highest BCUT2D eigenvalue weighted by atomic mass is 16.2. The number of rotatable bonds is 5. The van der Waals surface area contributed by atoms with Crippen molar-refractivity contribution >= 4 is 17.6 Å². The van der Waals surface area contributed by atoms with Crippen molar-refractivity contribution in [2.24, 2.45) is 5.92 Å². The van der Waals surface area contributed by atoms with Crippen LogP contribution in [0.25, 0.3) is 0 Å². The molecule has 0 aliphatic carbocycles. The summed E-state index contributed by atoms with van der Waals surface area (Å²) in [7, 11) is 3.23. The monoisotopic (exact) mass is 512 g/mol. The highest BCUT2D eigenvalue weighted by Crippen LogP contribution is 2.24. The molecule has 2 atom stereocenters. The molecule has 1 aromatic heterocycles. The fourth-order valence-corrected chi connectivity index (χ4v) is 4.23. The molecule has 1 aromatic carbocycles. The Balaban J connectivity index is 0.000000303. The van der Waals surface area contributed by atoms with Crippen LogP contribution in [-0.4, -0.2) is 68.1 Å². The number of hydrogen-bond donors (Lipinski definition) is 3. The van der Waals surface area contributed by atoms with Crippen LogP contribution in [0.1, 0.15) is 52.5 Å². The van der Waals surface area contributed by atoms with Crippen molar-refractivity contribution in [2.75, 3.05) is 45.2 Å². The Morgan fingerprint density at radius 2 is 1.62 bits per heavy atom. The molecule has 0 spiro atoms. The van der Waals surface area contributed by atoms with Gasteiger partial charge >= 0.3 is 6.03 Å². The predicted molar refractivity (Wildman–Crippen MR) is 154 cm³/mol. The average molecular weight is 513 g/mol. The summed E-state index contributed by atoms with van der Waals surface area (Å²) in [6, 6.07) is 15.0. The van der Waals surface area contributed by atoms with Gasteiger partial charge in [-0.15, -0.1) is 0 Å². The quantitative estimate of drug-likeness (QED) is 0.556. The van der Waals surface area contributed by atoms with Gasteiger partial charge in [0.2, 0.25) is 5.91 Å². The van der Waals surface area contributed by atoms with Gasteiger partial charge in [-0.05, 0) is 49.4 Å². The molecule has 3 amide bonds. The second-order valence-corrected chi connectivity index (χ2v) is 9.08. The van der Waals surface area contributed by atoms with Crippen LogP contribution in [0, 0.1) is 5.92 Å². The van der Waals surface area contributed by atoms with E-state index in [0.717, 1.165) is 25.4 Å². The molecule has 2 saturated heterocycles. The van der Waals surface area contributed by atoms with Crippen LogP contribution in [0.15, 0.2) is 54.9 Å². The first-order chi connectivity index (χ1) is 17.9. The summed E-state index contributed by atoms with van der Waals surface area (Å²) in [5.74, 6) is 0.897. The summed E-state index contributed by atoms with van der Waals surface area (Å²) in [5.41, 5.74) is 2.62. The molecule has 4 rings (SSSR count). The van der Waals surface area contributed by atoms with Gasteiger partial charge in [0.05, 0.1) is 0 Å². The van der Waals surface area contributed by atoms with Gasteiger partial charge in [-0.25, -0.2) is 4.79 Å². The number of urea groups is 1.